The van der Waals surface area contributed by atoms with Gasteiger partial charge in [-0.1, -0.05) is 42.1 Å². The number of benzene rings is 2. The van der Waals surface area contributed by atoms with Gasteiger partial charge in [-0.3, -0.25) is 20.6 Å². The van der Waals surface area contributed by atoms with Crippen LogP contribution in [0.25, 0.3) is 10.9 Å². The summed E-state index contributed by atoms with van der Waals surface area (Å²) in [4.78, 5) is 23.5. The number of hydrogen-bond acceptors (Lipinski definition) is 5. The third-order valence-electron chi connectivity index (χ3n) is 3.08. The Hall–Kier alpha value is -2.80. The van der Waals surface area contributed by atoms with Crippen molar-refractivity contribution in [2.75, 3.05) is 11.7 Å². The molecule has 6 nitrogen and oxygen atoms in total. The Bertz CT molecular complexity index is 892. The summed E-state index contributed by atoms with van der Waals surface area (Å²) in [5.41, 5.74) is 7.12. The lowest BCUT2D eigenvalue weighted by atomic mass is 10.2. The average Bonchev–Trinajstić information content (AvgIpc) is 2.59. The van der Waals surface area contributed by atoms with Crippen molar-refractivity contribution < 1.29 is 0 Å². The Morgan fingerprint density at radius 1 is 1.13 bits per heavy atom. The van der Waals surface area contributed by atoms with Gasteiger partial charge in [0.1, 0.15) is 0 Å². The number of amidine groups is 1. The molecular formula is C16H15N5OS. The number of nitrogens with zero attached hydrogens (tertiary/aromatic N) is 2. The highest BCUT2D eigenvalue weighted by molar-refractivity contribution is 8.13. The summed E-state index contributed by atoms with van der Waals surface area (Å²) in [6.45, 7) is 0. The molecule has 116 valence electrons. The molecule has 3 N–H and O–H groups in total. The fraction of sp³-hybridized carbons (Fsp3) is 0.0625. The number of rotatable bonds is 3. The minimum absolute atomic E-state index is 0.189. The van der Waals surface area contributed by atoms with Crippen LogP contribution in [0.15, 0.2) is 64.4 Å². The maximum Gasteiger partial charge on any atom is 0.260 e. The van der Waals surface area contributed by atoms with E-state index in [0.717, 1.165) is 5.69 Å². The van der Waals surface area contributed by atoms with E-state index in [9.17, 15) is 4.79 Å². The first-order chi connectivity index (χ1) is 11.3. The lowest BCUT2D eigenvalue weighted by molar-refractivity contribution is 1.04. The van der Waals surface area contributed by atoms with Gasteiger partial charge in [0.15, 0.2) is 5.17 Å². The first-order valence-corrected chi connectivity index (χ1v) is 8.17. The molecule has 0 aliphatic heterocycles. The minimum atomic E-state index is -0.189. The zero-order chi connectivity index (χ0) is 16.1. The van der Waals surface area contributed by atoms with E-state index in [0.29, 0.717) is 22.0 Å². The van der Waals surface area contributed by atoms with Gasteiger partial charge in [-0.05, 0) is 30.5 Å². The summed E-state index contributed by atoms with van der Waals surface area (Å²) in [7, 11) is 0. The van der Waals surface area contributed by atoms with Crippen LogP contribution < -0.4 is 16.4 Å². The number of thioether (sulfide) groups is 1. The standard InChI is InChI=1S/C16H15N5OS/c1-23-16(17-11-7-3-2-4-8-11)21-20-15-18-13-10-6-5-9-12(13)14(22)19-15/h2-10H,1H3,(H,17,21)(H2,18,19,20,22). The molecule has 3 aromatic rings. The van der Waals surface area contributed by atoms with Crippen LogP contribution in [0.3, 0.4) is 0 Å². The third-order valence-corrected chi connectivity index (χ3v) is 3.66. The first-order valence-electron chi connectivity index (χ1n) is 6.95. The molecule has 0 fully saturated rings. The van der Waals surface area contributed by atoms with E-state index in [2.05, 4.69) is 25.8 Å². The second kappa shape index (κ2) is 6.97. The Labute approximate surface area is 137 Å². The van der Waals surface area contributed by atoms with Crippen molar-refractivity contribution in [1.82, 2.24) is 15.4 Å². The van der Waals surface area contributed by atoms with Gasteiger partial charge >= 0.3 is 0 Å². The average molecular weight is 325 g/mol. The van der Waals surface area contributed by atoms with E-state index >= 15 is 0 Å². The molecular weight excluding hydrogens is 310 g/mol. The number of fused-ring (bicyclic) bond motifs is 1. The van der Waals surface area contributed by atoms with Crippen molar-refractivity contribution in [2.24, 2.45) is 4.99 Å². The molecule has 1 heterocycles. The maximum absolute atomic E-state index is 12.0. The quantitative estimate of drug-likeness (QED) is 0.392. The Morgan fingerprint density at radius 2 is 1.87 bits per heavy atom. The minimum Gasteiger partial charge on any atom is -0.291 e. The summed E-state index contributed by atoms with van der Waals surface area (Å²) in [6.07, 6.45) is 1.91. The molecule has 0 spiro atoms. The molecule has 0 atom stereocenters. The number of H-pyrrole nitrogens is 1. The smallest absolute Gasteiger partial charge is 0.260 e. The summed E-state index contributed by atoms with van der Waals surface area (Å²) < 4.78 is 0. The SMILES string of the molecule is CSC(=Nc1ccccc1)NNc1nc2ccccc2c(=O)[nH]1. The number of hydrogen-bond donors (Lipinski definition) is 3. The van der Waals surface area contributed by atoms with Gasteiger partial charge in [-0.15, -0.1) is 0 Å². The Morgan fingerprint density at radius 3 is 2.65 bits per heavy atom. The molecule has 0 aliphatic rings. The van der Waals surface area contributed by atoms with Crippen molar-refractivity contribution in [2.45, 2.75) is 0 Å². The molecule has 2 aromatic carbocycles. The molecule has 1 aromatic heterocycles. The molecule has 0 saturated carbocycles. The molecule has 23 heavy (non-hydrogen) atoms. The molecule has 0 amide bonds. The number of anilines is 1. The van der Waals surface area contributed by atoms with Gasteiger partial charge in [-0.2, -0.15) is 0 Å². The summed E-state index contributed by atoms with van der Waals surface area (Å²) in [6, 6.07) is 16.8. The number of aliphatic imine (C=N–C) groups is 1. The number of aromatic amines is 1. The third kappa shape index (κ3) is 3.70. The van der Waals surface area contributed by atoms with Crippen molar-refractivity contribution in [1.29, 1.82) is 0 Å². The lowest BCUT2D eigenvalue weighted by Crippen LogP contribution is -2.29. The lowest BCUT2D eigenvalue weighted by Gasteiger charge is -2.10. The van der Waals surface area contributed by atoms with Crippen molar-refractivity contribution in [3.05, 3.63) is 65.0 Å². The van der Waals surface area contributed by atoms with E-state index in [-0.39, 0.29) is 5.56 Å². The second-order valence-electron chi connectivity index (χ2n) is 4.64. The van der Waals surface area contributed by atoms with Crippen LogP contribution in [0.1, 0.15) is 0 Å². The number of para-hydroxylation sites is 2. The molecule has 3 rings (SSSR count). The molecule has 7 heteroatoms. The van der Waals surface area contributed by atoms with Gasteiger partial charge in [-0.25, -0.2) is 9.98 Å². The molecule has 0 unspecified atom stereocenters. The fourth-order valence-electron chi connectivity index (χ4n) is 2.00. The van der Waals surface area contributed by atoms with Crippen LogP contribution in [0.4, 0.5) is 11.6 Å². The molecule has 0 bridgehead atoms. The Balaban J connectivity index is 1.79. The van der Waals surface area contributed by atoms with Crippen molar-refractivity contribution >= 4 is 39.5 Å². The van der Waals surface area contributed by atoms with Crippen LogP contribution in [-0.4, -0.2) is 21.4 Å². The van der Waals surface area contributed by atoms with Crippen LogP contribution in [-0.2, 0) is 0 Å². The first kappa shape index (κ1) is 15.1. The van der Waals surface area contributed by atoms with Gasteiger partial charge in [0, 0.05) is 0 Å². The molecule has 0 radical (unpaired) electrons. The zero-order valence-corrected chi connectivity index (χ0v) is 13.2. The largest absolute Gasteiger partial charge is 0.291 e. The predicted molar refractivity (Wildman–Crippen MR) is 96.2 cm³/mol. The highest BCUT2D eigenvalue weighted by Crippen LogP contribution is 2.12. The normalized spacial score (nSPS) is 11.4. The highest BCUT2D eigenvalue weighted by Gasteiger charge is 2.03. The molecule has 0 aliphatic carbocycles. The predicted octanol–water partition coefficient (Wildman–Crippen LogP) is 2.89. The Kier molecular flexibility index (Phi) is 4.58. The number of hydrazine groups is 1. The maximum atomic E-state index is 12.0. The van der Waals surface area contributed by atoms with Gasteiger partial charge in [0.05, 0.1) is 16.6 Å². The van der Waals surface area contributed by atoms with E-state index in [1.807, 2.05) is 48.7 Å². The van der Waals surface area contributed by atoms with Gasteiger partial charge in [0.2, 0.25) is 5.95 Å². The van der Waals surface area contributed by atoms with Crippen molar-refractivity contribution in [3.8, 4) is 0 Å². The topological polar surface area (TPSA) is 82.2 Å². The highest BCUT2D eigenvalue weighted by atomic mass is 32.2. The van der Waals surface area contributed by atoms with Crippen LogP contribution in [0.2, 0.25) is 0 Å². The monoisotopic (exact) mass is 325 g/mol. The van der Waals surface area contributed by atoms with Gasteiger partial charge in [0.25, 0.3) is 5.56 Å². The molecule has 0 saturated heterocycles. The van der Waals surface area contributed by atoms with E-state index in [1.54, 1.807) is 12.1 Å². The summed E-state index contributed by atoms with van der Waals surface area (Å²) >= 11 is 1.45. The van der Waals surface area contributed by atoms with Crippen LogP contribution in [0.5, 0.6) is 0 Å². The van der Waals surface area contributed by atoms with Crippen LogP contribution in [0, 0.1) is 0 Å². The van der Waals surface area contributed by atoms with E-state index < -0.39 is 0 Å². The van der Waals surface area contributed by atoms with Crippen molar-refractivity contribution in [3.63, 3.8) is 0 Å². The summed E-state index contributed by atoms with van der Waals surface area (Å²) in [5, 5.41) is 1.22. The van der Waals surface area contributed by atoms with E-state index in [1.165, 1.54) is 11.8 Å². The van der Waals surface area contributed by atoms with Crippen LogP contribution >= 0.6 is 11.8 Å². The second-order valence-corrected chi connectivity index (χ2v) is 5.43. The fourth-order valence-corrected chi connectivity index (χ4v) is 2.35. The summed E-state index contributed by atoms with van der Waals surface area (Å²) in [5.74, 6) is 0.337. The van der Waals surface area contributed by atoms with Gasteiger partial charge < -0.3 is 0 Å². The number of aromatic nitrogens is 2. The number of nitrogens with one attached hydrogen (secondary N) is 3. The zero-order valence-electron chi connectivity index (χ0n) is 12.4. The van der Waals surface area contributed by atoms with E-state index in [4.69, 9.17) is 0 Å².